The SMILES string of the molecule is CC(C)=CCOC(=O)C1CCC(C(=O)O)CC1. The summed E-state index contributed by atoms with van der Waals surface area (Å²) in [6, 6.07) is 0. The Balaban J connectivity index is 2.31. The van der Waals surface area contributed by atoms with Gasteiger partial charge in [-0.2, -0.15) is 0 Å². The molecule has 1 N–H and O–H groups in total. The number of carboxylic acid groups (broad SMARTS) is 1. The van der Waals surface area contributed by atoms with E-state index in [-0.39, 0.29) is 17.8 Å². The lowest BCUT2D eigenvalue weighted by atomic mass is 9.82. The second kappa shape index (κ2) is 6.42. The molecule has 1 rings (SSSR count). The molecule has 1 aliphatic carbocycles. The van der Waals surface area contributed by atoms with E-state index in [9.17, 15) is 9.59 Å². The number of ether oxygens (including phenoxy) is 1. The van der Waals surface area contributed by atoms with Crippen LogP contribution in [0.2, 0.25) is 0 Å². The Labute approximate surface area is 102 Å². The topological polar surface area (TPSA) is 63.6 Å². The van der Waals surface area contributed by atoms with E-state index in [1.54, 1.807) is 0 Å². The third-order valence-corrected chi connectivity index (χ3v) is 3.13. The molecule has 0 heterocycles. The Morgan fingerprint density at radius 2 is 1.71 bits per heavy atom. The average molecular weight is 240 g/mol. The van der Waals surface area contributed by atoms with Crippen LogP contribution in [0.5, 0.6) is 0 Å². The molecule has 0 aromatic rings. The second-order valence-electron chi connectivity index (χ2n) is 4.80. The summed E-state index contributed by atoms with van der Waals surface area (Å²) in [4.78, 5) is 22.4. The van der Waals surface area contributed by atoms with E-state index in [0.29, 0.717) is 32.3 Å². The van der Waals surface area contributed by atoms with Crippen LogP contribution in [-0.4, -0.2) is 23.7 Å². The van der Waals surface area contributed by atoms with Crippen LogP contribution >= 0.6 is 0 Å². The summed E-state index contributed by atoms with van der Waals surface area (Å²) in [5.41, 5.74) is 1.12. The number of allylic oxidation sites excluding steroid dienone is 1. The molecule has 96 valence electrons. The number of carboxylic acids is 1. The maximum Gasteiger partial charge on any atom is 0.309 e. The van der Waals surface area contributed by atoms with Crippen molar-refractivity contribution in [2.75, 3.05) is 6.61 Å². The number of hydrogen-bond donors (Lipinski definition) is 1. The van der Waals surface area contributed by atoms with Crippen molar-refractivity contribution in [3.05, 3.63) is 11.6 Å². The van der Waals surface area contributed by atoms with Gasteiger partial charge in [0.2, 0.25) is 0 Å². The van der Waals surface area contributed by atoms with Crippen LogP contribution in [0.4, 0.5) is 0 Å². The van der Waals surface area contributed by atoms with Crippen LogP contribution in [-0.2, 0) is 14.3 Å². The minimum Gasteiger partial charge on any atom is -0.481 e. The van der Waals surface area contributed by atoms with Gasteiger partial charge in [-0.3, -0.25) is 9.59 Å². The normalized spacial score (nSPS) is 23.9. The Hall–Kier alpha value is -1.32. The summed E-state index contributed by atoms with van der Waals surface area (Å²) < 4.78 is 5.13. The van der Waals surface area contributed by atoms with E-state index in [0.717, 1.165) is 5.57 Å². The summed E-state index contributed by atoms with van der Waals surface area (Å²) >= 11 is 0. The number of carbonyl (C=O) groups excluding carboxylic acids is 1. The number of rotatable bonds is 4. The summed E-state index contributed by atoms with van der Waals surface area (Å²) in [5, 5.41) is 8.84. The van der Waals surface area contributed by atoms with Crippen molar-refractivity contribution in [3.8, 4) is 0 Å². The summed E-state index contributed by atoms with van der Waals surface area (Å²) in [6.45, 7) is 4.22. The fraction of sp³-hybridized carbons (Fsp3) is 0.692. The molecule has 0 unspecified atom stereocenters. The van der Waals surface area contributed by atoms with E-state index in [1.165, 1.54) is 0 Å². The Morgan fingerprint density at radius 1 is 1.18 bits per heavy atom. The van der Waals surface area contributed by atoms with Crippen LogP contribution in [0.25, 0.3) is 0 Å². The van der Waals surface area contributed by atoms with E-state index in [4.69, 9.17) is 9.84 Å². The zero-order valence-electron chi connectivity index (χ0n) is 10.4. The molecular weight excluding hydrogens is 220 g/mol. The van der Waals surface area contributed by atoms with E-state index < -0.39 is 5.97 Å². The summed E-state index contributed by atoms with van der Waals surface area (Å²) in [5.74, 6) is -1.33. The molecular formula is C13H20O4. The minimum atomic E-state index is -0.749. The average Bonchev–Trinajstić information content (AvgIpc) is 2.28. The lowest BCUT2D eigenvalue weighted by molar-refractivity contribution is -0.151. The van der Waals surface area contributed by atoms with Gasteiger partial charge < -0.3 is 9.84 Å². The van der Waals surface area contributed by atoms with Crippen LogP contribution < -0.4 is 0 Å². The lowest BCUT2D eigenvalue weighted by Crippen LogP contribution is -2.27. The van der Waals surface area contributed by atoms with Gasteiger partial charge in [-0.25, -0.2) is 0 Å². The molecule has 0 saturated heterocycles. The fourth-order valence-corrected chi connectivity index (χ4v) is 1.98. The lowest BCUT2D eigenvalue weighted by Gasteiger charge is -2.24. The maximum atomic E-state index is 11.7. The predicted molar refractivity (Wildman–Crippen MR) is 63.5 cm³/mol. The number of hydrogen-bond acceptors (Lipinski definition) is 3. The maximum absolute atomic E-state index is 11.7. The van der Waals surface area contributed by atoms with E-state index in [2.05, 4.69) is 0 Å². The molecule has 0 aliphatic heterocycles. The third kappa shape index (κ3) is 4.59. The number of carbonyl (C=O) groups is 2. The van der Waals surface area contributed by atoms with Gasteiger partial charge in [0.15, 0.2) is 0 Å². The minimum absolute atomic E-state index is 0.115. The number of aliphatic carboxylic acids is 1. The fourth-order valence-electron chi connectivity index (χ4n) is 1.98. The van der Waals surface area contributed by atoms with E-state index >= 15 is 0 Å². The zero-order valence-corrected chi connectivity index (χ0v) is 10.4. The van der Waals surface area contributed by atoms with Crippen molar-refractivity contribution in [1.29, 1.82) is 0 Å². The van der Waals surface area contributed by atoms with Crippen molar-refractivity contribution < 1.29 is 19.4 Å². The van der Waals surface area contributed by atoms with Gasteiger partial charge in [-0.1, -0.05) is 5.57 Å². The van der Waals surface area contributed by atoms with Crippen molar-refractivity contribution >= 4 is 11.9 Å². The standard InChI is InChI=1S/C13H20O4/c1-9(2)7-8-17-13(16)11-5-3-10(4-6-11)12(14)15/h7,10-11H,3-6,8H2,1-2H3,(H,14,15). The highest BCUT2D eigenvalue weighted by Gasteiger charge is 2.30. The van der Waals surface area contributed by atoms with E-state index in [1.807, 2.05) is 19.9 Å². The van der Waals surface area contributed by atoms with Crippen molar-refractivity contribution in [1.82, 2.24) is 0 Å². The first-order chi connectivity index (χ1) is 8.00. The van der Waals surface area contributed by atoms with Gasteiger partial charge in [0.05, 0.1) is 11.8 Å². The molecule has 0 aromatic heterocycles. The molecule has 1 fully saturated rings. The largest absolute Gasteiger partial charge is 0.481 e. The Bertz CT molecular complexity index is 307. The molecule has 1 saturated carbocycles. The zero-order chi connectivity index (χ0) is 12.8. The van der Waals surface area contributed by atoms with Crippen LogP contribution in [0.1, 0.15) is 39.5 Å². The molecule has 4 nitrogen and oxygen atoms in total. The molecule has 0 radical (unpaired) electrons. The van der Waals surface area contributed by atoms with Gasteiger partial charge in [-0.15, -0.1) is 0 Å². The first-order valence-electron chi connectivity index (χ1n) is 6.03. The van der Waals surface area contributed by atoms with Crippen LogP contribution in [0.3, 0.4) is 0 Å². The smallest absolute Gasteiger partial charge is 0.309 e. The monoisotopic (exact) mass is 240 g/mol. The Morgan fingerprint density at radius 3 is 2.18 bits per heavy atom. The van der Waals surface area contributed by atoms with Crippen molar-refractivity contribution in [2.45, 2.75) is 39.5 Å². The first-order valence-corrected chi connectivity index (χ1v) is 6.03. The Kier molecular flexibility index (Phi) is 5.19. The number of esters is 1. The molecule has 0 aromatic carbocycles. The van der Waals surface area contributed by atoms with Gasteiger partial charge >= 0.3 is 11.9 Å². The van der Waals surface area contributed by atoms with Gasteiger partial charge in [-0.05, 0) is 45.6 Å². The molecule has 4 heteroatoms. The van der Waals surface area contributed by atoms with Crippen LogP contribution in [0, 0.1) is 11.8 Å². The molecule has 0 atom stereocenters. The molecule has 17 heavy (non-hydrogen) atoms. The van der Waals surface area contributed by atoms with Crippen molar-refractivity contribution in [3.63, 3.8) is 0 Å². The molecule has 1 aliphatic rings. The van der Waals surface area contributed by atoms with Gasteiger partial charge in [0.25, 0.3) is 0 Å². The van der Waals surface area contributed by atoms with Crippen molar-refractivity contribution in [2.24, 2.45) is 11.8 Å². The summed E-state index contributed by atoms with van der Waals surface area (Å²) in [6.07, 6.45) is 4.28. The third-order valence-electron chi connectivity index (χ3n) is 3.13. The summed E-state index contributed by atoms with van der Waals surface area (Å²) in [7, 11) is 0. The highest BCUT2D eigenvalue weighted by Crippen LogP contribution is 2.29. The predicted octanol–water partition coefficient (Wildman–Crippen LogP) is 2.39. The molecule has 0 amide bonds. The molecule has 0 bridgehead atoms. The van der Waals surface area contributed by atoms with Crippen LogP contribution in [0.15, 0.2) is 11.6 Å². The highest BCUT2D eigenvalue weighted by atomic mass is 16.5. The van der Waals surface area contributed by atoms with Gasteiger partial charge in [0, 0.05) is 0 Å². The second-order valence-corrected chi connectivity index (χ2v) is 4.80. The highest BCUT2D eigenvalue weighted by molar-refractivity contribution is 5.74. The molecule has 0 spiro atoms. The van der Waals surface area contributed by atoms with Gasteiger partial charge in [0.1, 0.15) is 6.61 Å². The first kappa shape index (κ1) is 13.7. The quantitative estimate of drug-likeness (QED) is 0.605.